The van der Waals surface area contributed by atoms with Crippen molar-refractivity contribution >= 4 is 34.2 Å². The van der Waals surface area contributed by atoms with Gasteiger partial charge < -0.3 is 11.1 Å². The van der Waals surface area contributed by atoms with Gasteiger partial charge in [0.15, 0.2) is 0 Å². The number of nitrogens with one attached hydrogen (secondary N) is 1. The van der Waals surface area contributed by atoms with E-state index in [1.165, 1.54) is 12.0 Å². The molecule has 0 unspecified atom stereocenters. The quantitative estimate of drug-likeness (QED) is 0.827. The van der Waals surface area contributed by atoms with Gasteiger partial charge in [-0.05, 0) is 62.3 Å². The normalized spacial score (nSPS) is 25.9. The Kier molecular flexibility index (Phi) is 5.92. The second kappa shape index (κ2) is 7.33. The summed E-state index contributed by atoms with van der Waals surface area (Å²) >= 11 is 3.47. The van der Waals surface area contributed by atoms with Gasteiger partial charge in [0.1, 0.15) is 0 Å². The Bertz CT molecular complexity index is 516. The number of benzene rings is 1. The Morgan fingerprint density at radius 2 is 1.91 bits per heavy atom. The average Bonchev–Trinajstić information content (AvgIpc) is 2.92. The Labute approximate surface area is 147 Å². The van der Waals surface area contributed by atoms with E-state index < -0.39 is 0 Å². The van der Waals surface area contributed by atoms with Gasteiger partial charge in [-0.1, -0.05) is 34.5 Å². The molecule has 0 spiro atoms. The maximum atomic E-state index is 12.7. The van der Waals surface area contributed by atoms with Crippen LogP contribution in [0.2, 0.25) is 0 Å². The first-order chi connectivity index (χ1) is 10.1. The summed E-state index contributed by atoms with van der Waals surface area (Å²) in [6.45, 7) is 0.628. The first-order valence-electron chi connectivity index (χ1n) is 7.93. The third-order valence-electron chi connectivity index (χ3n) is 5.26. The number of hydrogen-bond donors (Lipinski definition) is 2. The zero-order chi connectivity index (χ0) is 14.9. The van der Waals surface area contributed by atoms with Crippen LogP contribution >= 0.6 is 28.3 Å². The summed E-state index contributed by atoms with van der Waals surface area (Å²) in [6.07, 6.45) is 6.48. The third kappa shape index (κ3) is 3.34. The molecule has 2 atom stereocenters. The summed E-state index contributed by atoms with van der Waals surface area (Å²) in [4.78, 5) is 12.7. The number of amides is 1. The van der Waals surface area contributed by atoms with Crippen LogP contribution in [0.15, 0.2) is 28.7 Å². The van der Waals surface area contributed by atoms with E-state index >= 15 is 0 Å². The third-order valence-corrected chi connectivity index (χ3v) is 5.79. The fourth-order valence-electron chi connectivity index (χ4n) is 3.78. The number of nitrogens with two attached hydrogens (primary N) is 1. The fourth-order valence-corrected chi connectivity index (χ4v) is 4.04. The van der Waals surface area contributed by atoms with E-state index in [0.29, 0.717) is 12.5 Å². The van der Waals surface area contributed by atoms with E-state index in [4.69, 9.17) is 5.73 Å². The minimum absolute atomic E-state index is 0. The van der Waals surface area contributed by atoms with E-state index in [0.717, 1.165) is 36.6 Å². The van der Waals surface area contributed by atoms with Gasteiger partial charge >= 0.3 is 0 Å². The van der Waals surface area contributed by atoms with Crippen molar-refractivity contribution in [2.75, 3.05) is 6.54 Å². The second-order valence-electron chi connectivity index (χ2n) is 6.46. The van der Waals surface area contributed by atoms with Crippen LogP contribution in [0.4, 0.5) is 0 Å². The molecule has 0 aliphatic heterocycles. The van der Waals surface area contributed by atoms with Crippen molar-refractivity contribution in [3.05, 3.63) is 34.3 Å². The van der Waals surface area contributed by atoms with Gasteiger partial charge in [-0.25, -0.2) is 0 Å². The zero-order valence-electron chi connectivity index (χ0n) is 12.7. The molecule has 0 saturated heterocycles. The summed E-state index contributed by atoms with van der Waals surface area (Å²) in [6, 6.07) is 8.36. The van der Waals surface area contributed by atoms with E-state index in [-0.39, 0.29) is 29.8 Å². The topological polar surface area (TPSA) is 55.1 Å². The van der Waals surface area contributed by atoms with Crippen LogP contribution < -0.4 is 11.1 Å². The van der Waals surface area contributed by atoms with Gasteiger partial charge in [0.2, 0.25) is 5.91 Å². The minimum atomic E-state index is -0.139. The van der Waals surface area contributed by atoms with Gasteiger partial charge in [0.05, 0.1) is 5.54 Å². The standard InChI is InChI=1S/C17H23BrN2O.ClH/c18-14-7-5-13(6-8-14)17(9-2-10-17)20-16(21)15-4-1-3-12(15)11-19;/h5-8,12,15H,1-4,9-11,19H2,(H,20,21);1H/t12-,15-;/m1./s1. The van der Waals surface area contributed by atoms with Crippen molar-refractivity contribution in [2.24, 2.45) is 17.6 Å². The molecule has 2 aliphatic rings. The molecule has 3 N–H and O–H groups in total. The molecular weight excluding hydrogens is 364 g/mol. The maximum Gasteiger partial charge on any atom is 0.224 e. The lowest BCUT2D eigenvalue weighted by Crippen LogP contribution is -2.53. The van der Waals surface area contributed by atoms with E-state index in [2.05, 4.69) is 45.5 Å². The smallest absolute Gasteiger partial charge is 0.224 e. The molecule has 2 aliphatic carbocycles. The largest absolute Gasteiger partial charge is 0.346 e. The predicted octanol–water partition coefficient (Wildman–Crippen LogP) is 3.74. The summed E-state index contributed by atoms with van der Waals surface area (Å²) in [7, 11) is 0. The van der Waals surface area contributed by atoms with Gasteiger partial charge in [0, 0.05) is 10.4 Å². The second-order valence-corrected chi connectivity index (χ2v) is 7.38. The SMILES string of the molecule is Cl.NC[C@H]1CCC[C@H]1C(=O)NC1(c2ccc(Br)cc2)CCC1. The lowest BCUT2D eigenvalue weighted by molar-refractivity contribution is -0.129. The molecule has 0 radical (unpaired) electrons. The molecular formula is C17H24BrClN2O. The van der Waals surface area contributed by atoms with Crippen molar-refractivity contribution < 1.29 is 4.79 Å². The average molecular weight is 388 g/mol. The molecule has 2 saturated carbocycles. The Balaban J connectivity index is 0.00000176. The van der Waals surface area contributed by atoms with Gasteiger partial charge in [-0.3, -0.25) is 4.79 Å². The van der Waals surface area contributed by atoms with Gasteiger partial charge in [0.25, 0.3) is 0 Å². The predicted molar refractivity (Wildman–Crippen MR) is 94.9 cm³/mol. The van der Waals surface area contributed by atoms with E-state index in [9.17, 15) is 4.79 Å². The molecule has 122 valence electrons. The Morgan fingerprint density at radius 3 is 2.45 bits per heavy atom. The van der Waals surface area contributed by atoms with Crippen molar-refractivity contribution in [1.82, 2.24) is 5.32 Å². The first-order valence-corrected chi connectivity index (χ1v) is 8.72. The van der Waals surface area contributed by atoms with Crippen LogP contribution in [0.25, 0.3) is 0 Å². The van der Waals surface area contributed by atoms with Crippen molar-refractivity contribution in [1.29, 1.82) is 0 Å². The van der Waals surface area contributed by atoms with E-state index in [1.54, 1.807) is 0 Å². The monoisotopic (exact) mass is 386 g/mol. The number of hydrogen-bond acceptors (Lipinski definition) is 2. The number of carbonyl (C=O) groups is 1. The minimum Gasteiger partial charge on any atom is -0.346 e. The molecule has 1 aromatic carbocycles. The van der Waals surface area contributed by atoms with E-state index in [1.807, 2.05) is 0 Å². The number of carbonyl (C=O) groups excluding carboxylic acids is 1. The Hall–Kier alpha value is -0.580. The molecule has 2 fully saturated rings. The highest BCUT2D eigenvalue weighted by Crippen LogP contribution is 2.42. The lowest BCUT2D eigenvalue weighted by atomic mass is 9.71. The fraction of sp³-hybridized carbons (Fsp3) is 0.588. The molecule has 1 aromatic rings. The highest BCUT2D eigenvalue weighted by Gasteiger charge is 2.42. The summed E-state index contributed by atoms with van der Waals surface area (Å²) in [5, 5.41) is 3.36. The van der Waals surface area contributed by atoms with Crippen molar-refractivity contribution in [3.8, 4) is 0 Å². The van der Waals surface area contributed by atoms with Crippen LogP contribution in [-0.2, 0) is 10.3 Å². The molecule has 3 rings (SSSR count). The number of rotatable bonds is 4. The highest BCUT2D eigenvalue weighted by molar-refractivity contribution is 9.10. The highest BCUT2D eigenvalue weighted by atomic mass is 79.9. The van der Waals surface area contributed by atoms with Crippen molar-refractivity contribution in [2.45, 2.75) is 44.1 Å². The first kappa shape index (κ1) is 17.8. The maximum absolute atomic E-state index is 12.7. The van der Waals surface area contributed by atoms with Gasteiger partial charge in [-0.2, -0.15) is 0 Å². The molecule has 0 aromatic heterocycles. The van der Waals surface area contributed by atoms with Gasteiger partial charge in [-0.15, -0.1) is 12.4 Å². The summed E-state index contributed by atoms with van der Waals surface area (Å²) in [5.74, 6) is 0.695. The molecule has 5 heteroatoms. The lowest BCUT2D eigenvalue weighted by Gasteiger charge is -2.44. The molecule has 1 amide bonds. The Morgan fingerprint density at radius 1 is 1.23 bits per heavy atom. The van der Waals surface area contributed by atoms with Crippen LogP contribution in [0, 0.1) is 11.8 Å². The zero-order valence-corrected chi connectivity index (χ0v) is 15.1. The molecule has 22 heavy (non-hydrogen) atoms. The van der Waals surface area contributed by atoms with Crippen molar-refractivity contribution in [3.63, 3.8) is 0 Å². The summed E-state index contributed by atoms with van der Waals surface area (Å²) < 4.78 is 1.08. The van der Waals surface area contributed by atoms with Crippen LogP contribution in [0.5, 0.6) is 0 Å². The van der Waals surface area contributed by atoms with Crippen LogP contribution in [0.3, 0.4) is 0 Å². The van der Waals surface area contributed by atoms with Crippen LogP contribution in [0.1, 0.15) is 44.1 Å². The number of halogens is 2. The summed E-state index contributed by atoms with van der Waals surface area (Å²) in [5.41, 5.74) is 6.90. The molecule has 0 heterocycles. The molecule has 3 nitrogen and oxygen atoms in total. The molecule has 0 bridgehead atoms. The van der Waals surface area contributed by atoms with Crippen LogP contribution in [-0.4, -0.2) is 12.5 Å².